The van der Waals surface area contributed by atoms with Crippen molar-refractivity contribution in [3.05, 3.63) is 41.0 Å². The van der Waals surface area contributed by atoms with Crippen LogP contribution in [0.5, 0.6) is 0 Å². The van der Waals surface area contributed by atoms with Gasteiger partial charge >= 0.3 is 6.03 Å². The molecule has 104 valence electrons. The van der Waals surface area contributed by atoms with Crippen molar-refractivity contribution in [2.24, 2.45) is 0 Å². The van der Waals surface area contributed by atoms with E-state index in [1.165, 1.54) is 16.7 Å². The molecule has 2 aliphatic rings. The highest BCUT2D eigenvalue weighted by Gasteiger charge is 2.30. The van der Waals surface area contributed by atoms with Crippen LogP contribution in [0.4, 0.5) is 4.79 Å². The van der Waals surface area contributed by atoms with Gasteiger partial charge in [-0.25, -0.2) is 4.79 Å². The Bertz CT molecular complexity index is 514. The van der Waals surface area contributed by atoms with E-state index in [2.05, 4.69) is 36.5 Å². The van der Waals surface area contributed by atoms with E-state index in [9.17, 15) is 4.79 Å². The molecule has 3 nitrogen and oxygen atoms in total. The van der Waals surface area contributed by atoms with Crippen LogP contribution in [0.2, 0.25) is 0 Å². The summed E-state index contributed by atoms with van der Waals surface area (Å²) in [5.74, 6) is 0. The molecule has 2 aliphatic heterocycles. The third-order valence-corrected chi connectivity index (χ3v) is 3.61. The lowest BCUT2D eigenvalue weighted by Gasteiger charge is -2.37. The number of hydrogen-bond acceptors (Lipinski definition) is 1. The van der Waals surface area contributed by atoms with Crippen LogP contribution in [0.25, 0.3) is 5.70 Å². The monoisotopic (exact) mass is 300 g/mol. The second-order valence-electron chi connectivity index (χ2n) is 4.52. The maximum Gasteiger partial charge on any atom is 0.322 e. The number of hydrogen-bond donors (Lipinski definition) is 1. The van der Waals surface area contributed by atoms with E-state index in [0.29, 0.717) is 6.54 Å². The fourth-order valence-corrected chi connectivity index (χ4v) is 2.70. The summed E-state index contributed by atoms with van der Waals surface area (Å²) in [6.07, 6.45) is 1.94. The zero-order valence-corrected chi connectivity index (χ0v) is 12.4. The summed E-state index contributed by atoms with van der Waals surface area (Å²) < 4.78 is 0. The molecule has 0 radical (unpaired) electrons. The fraction of sp³-hybridized carbons (Fsp3) is 0.357. The minimum Gasteiger partial charge on any atom is -0.334 e. The van der Waals surface area contributed by atoms with Crippen LogP contribution in [-0.2, 0) is 6.42 Å². The lowest BCUT2D eigenvalue weighted by molar-refractivity contribution is 0.215. The molecular formula is C14H18Cl2N2O. The molecule has 2 heterocycles. The minimum atomic E-state index is 0. The molecule has 0 saturated heterocycles. The van der Waals surface area contributed by atoms with Gasteiger partial charge in [0.1, 0.15) is 0 Å². The van der Waals surface area contributed by atoms with Gasteiger partial charge in [-0.15, -0.1) is 24.8 Å². The van der Waals surface area contributed by atoms with Crippen molar-refractivity contribution in [2.75, 3.05) is 13.1 Å². The van der Waals surface area contributed by atoms with Crippen molar-refractivity contribution in [1.29, 1.82) is 0 Å². The predicted molar refractivity (Wildman–Crippen MR) is 82.0 cm³/mol. The Morgan fingerprint density at radius 1 is 1.26 bits per heavy atom. The lowest BCUT2D eigenvalue weighted by Crippen LogP contribution is -2.47. The number of carbonyl (C=O) groups excluding carboxylic acids is 1. The smallest absolute Gasteiger partial charge is 0.322 e. The Labute approximate surface area is 125 Å². The quantitative estimate of drug-likeness (QED) is 0.848. The van der Waals surface area contributed by atoms with Crippen LogP contribution >= 0.6 is 24.8 Å². The fourth-order valence-electron chi connectivity index (χ4n) is 2.70. The van der Waals surface area contributed by atoms with Crippen LogP contribution in [0, 0.1) is 0 Å². The van der Waals surface area contributed by atoms with Crippen molar-refractivity contribution in [2.45, 2.75) is 19.8 Å². The van der Waals surface area contributed by atoms with Crippen LogP contribution in [0.1, 0.15) is 24.5 Å². The second kappa shape index (κ2) is 6.31. The third-order valence-electron chi connectivity index (χ3n) is 3.61. The highest BCUT2D eigenvalue weighted by Crippen LogP contribution is 2.33. The van der Waals surface area contributed by atoms with E-state index >= 15 is 0 Å². The molecule has 0 unspecified atom stereocenters. The number of amides is 2. The Hall–Kier alpha value is -1.19. The van der Waals surface area contributed by atoms with E-state index in [-0.39, 0.29) is 30.8 Å². The number of urea groups is 1. The zero-order valence-electron chi connectivity index (χ0n) is 10.8. The zero-order chi connectivity index (χ0) is 11.8. The van der Waals surface area contributed by atoms with Gasteiger partial charge < -0.3 is 5.32 Å². The van der Waals surface area contributed by atoms with Crippen LogP contribution < -0.4 is 5.32 Å². The number of nitrogens with zero attached hydrogens (tertiary/aromatic N) is 1. The summed E-state index contributed by atoms with van der Waals surface area (Å²) in [4.78, 5) is 13.8. The third kappa shape index (κ3) is 2.58. The highest BCUT2D eigenvalue weighted by atomic mass is 35.5. The van der Waals surface area contributed by atoms with Gasteiger partial charge in [0, 0.05) is 18.7 Å². The lowest BCUT2D eigenvalue weighted by atomic mass is 9.92. The summed E-state index contributed by atoms with van der Waals surface area (Å²) in [7, 11) is 0. The van der Waals surface area contributed by atoms with E-state index in [1.54, 1.807) is 0 Å². The first-order valence-electron chi connectivity index (χ1n) is 6.17. The topological polar surface area (TPSA) is 32.3 Å². The van der Waals surface area contributed by atoms with E-state index in [4.69, 9.17) is 0 Å². The first-order valence-corrected chi connectivity index (χ1v) is 6.17. The van der Waals surface area contributed by atoms with Crippen LogP contribution in [-0.4, -0.2) is 24.0 Å². The molecular weight excluding hydrogens is 283 g/mol. The Balaban J connectivity index is 0.000000902. The summed E-state index contributed by atoms with van der Waals surface area (Å²) in [6.45, 7) is 3.63. The molecule has 2 amide bonds. The first-order chi connectivity index (χ1) is 8.31. The number of fused-ring (bicyclic) bond motifs is 3. The van der Waals surface area contributed by atoms with Crippen molar-refractivity contribution in [3.8, 4) is 0 Å². The first kappa shape index (κ1) is 15.9. The maximum atomic E-state index is 11.9. The molecule has 0 spiro atoms. The summed E-state index contributed by atoms with van der Waals surface area (Å²) in [6, 6.07) is 8.47. The average Bonchev–Trinajstić information content (AvgIpc) is 2.39. The molecule has 5 heteroatoms. The number of carbonyl (C=O) groups is 1. The van der Waals surface area contributed by atoms with E-state index in [1.807, 2.05) is 4.90 Å². The molecule has 0 aliphatic carbocycles. The number of rotatable bonds is 1. The number of halogens is 2. The van der Waals surface area contributed by atoms with Crippen LogP contribution in [0.15, 0.2) is 29.8 Å². The van der Waals surface area contributed by atoms with Gasteiger partial charge in [0.05, 0.1) is 5.70 Å². The van der Waals surface area contributed by atoms with Crippen LogP contribution in [0.3, 0.4) is 0 Å². The van der Waals surface area contributed by atoms with Gasteiger partial charge in [-0.1, -0.05) is 31.2 Å². The molecule has 0 bridgehead atoms. The van der Waals surface area contributed by atoms with Crippen molar-refractivity contribution in [1.82, 2.24) is 10.2 Å². The van der Waals surface area contributed by atoms with Gasteiger partial charge in [-0.3, -0.25) is 4.90 Å². The van der Waals surface area contributed by atoms with Gasteiger partial charge in [-0.05, 0) is 24.0 Å². The molecule has 0 aromatic heterocycles. The molecule has 0 atom stereocenters. The standard InChI is InChI=1S/C14H16N2O.2ClH/c1-2-10-9-15-14(17)16-8-7-11-5-3-4-6-12(11)13(10)16;;/h3-6H,2,7-9H2,1H3,(H,15,17);2*1H. The summed E-state index contributed by atoms with van der Waals surface area (Å²) in [5, 5.41) is 2.94. The Kier molecular flexibility index (Phi) is 5.27. The van der Waals surface area contributed by atoms with Crippen molar-refractivity contribution < 1.29 is 4.79 Å². The van der Waals surface area contributed by atoms with Gasteiger partial charge in [-0.2, -0.15) is 0 Å². The molecule has 19 heavy (non-hydrogen) atoms. The molecule has 0 saturated carbocycles. The van der Waals surface area contributed by atoms with E-state index in [0.717, 1.165) is 25.1 Å². The second-order valence-corrected chi connectivity index (χ2v) is 4.52. The van der Waals surface area contributed by atoms with Gasteiger partial charge in [0.25, 0.3) is 0 Å². The predicted octanol–water partition coefficient (Wildman–Crippen LogP) is 3.23. The molecule has 1 aromatic carbocycles. The Morgan fingerprint density at radius 3 is 2.74 bits per heavy atom. The van der Waals surface area contributed by atoms with Crippen molar-refractivity contribution in [3.63, 3.8) is 0 Å². The van der Waals surface area contributed by atoms with Gasteiger partial charge in [0.15, 0.2) is 0 Å². The highest BCUT2D eigenvalue weighted by molar-refractivity contribution is 5.91. The Morgan fingerprint density at radius 2 is 2.00 bits per heavy atom. The molecule has 3 rings (SSSR count). The minimum absolute atomic E-state index is 0. The SMILES string of the molecule is CCC1=C2c3ccccc3CCN2C(=O)NC1.Cl.Cl. The van der Waals surface area contributed by atoms with Crippen molar-refractivity contribution >= 4 is 36.5 Å². The molecule has 1 aromatic rings. The largest absolute Gasteiger partial charge is 0.334 e. The average molecular weight is 301 g/mol. The normalized spacial score (nSPS) is 16.7. The molecule has 0 fully saturated rings. The number of benzene rings is 1. The summed E-state index contributed by atoms with van der Waals surface area (Å²) >= 11 is 0. The van der Waals surface area contributed by atoms with Gasteiger partial charge in [0.2, 0.25) is 0 Å². The van der Waals surface area contributed by atoms with E-state index < -0.39 is 0 Å². The summed E-state index contributed by atoms with van der Waals surface area (Å²) in [5.41, 5.74) is 5.08. The molecule has 1 N–H and O–H groups in total. The number of nitrogens with one attached hydrogen (secondary N) is 1. The maximum absolute atomic E-state index is 11.9.